The van der Waals surface area contributed by atoms with Gasteiger partial charge in [0.15, 0.2) is 0 Å². The number of rotatable bonds is 3. The Balaban J connectivity index is 1.68. The van der Waals surface area contributed by atoms with E-state index in [0.717, 1.165) is 17.9 Å². The predicted molar refractivity (Wildman–Crippen MR) is 56.7 cm³/mol. The number of hydrogen-bond acceptors (Lipinski definition) is 1. The van der Waals surface area contributed by atoms with Gasteiger partial charge in [-0.1, -0.05) is 27.2 Å². The van der Waals surface area contributed by atoms with E-state index >= 15 is 0 Å². The van der Waals surface area contributed by atoms with E-state index in [-0.39, 0.29) is 0 Å². The van der Waals surface area contributed by atoms with Crippen molar-refractivity contribution in [1.29, 1.82) is 0 Å². The van der Waals surface area contributed by atoms with Gasteiger partial charge in [0.2, 0.25) is 0 Å². The van der Waals surface area contributed by atoms with Gasteiger partial charge in [0.05, 0.1) is 0 Å². The molecule has 2 fully saturated rings. The highest BCUT2D eigenvalue weighted by molar-refractivity contribution is 4.97. The van der Waals surface area contributed by atoms with E-state index in [1.54, 1.807) is 0 Å². The smallest absolute Gasteiger partial charge is 0.00928 e. The van der Waals surface area contributed by atoms with Crippen LogP contribution in [0.2, 0.25) is 0 Å². The Hall–Kier alpha value is -0.0400. The summed E-state index contributed by atoms with van der Waals surface area (Å²) in [4.78, 5) is 0. The monoisotopic (exact) mass is 181 g/mol. The highest BCUT2D eigenvalue weighted by Crippen LogP contribution is 2.51. The van der Waals surface area contributed by atoms with Crippen molar-refractivity contribution in [1.82, 2.24) is 5.32 Å². The summed E-state index contributed by atoms with van der Waals surface area (Å²) in [5.74, 6) is 1.88. The first-order chi connectivity index (χ1) is 6.09. The molecule has 0 aromatic heterocycles. The van der Waals surface area contributed by atoms with Crippen molar-refractivity contribution >= 4 is 0 Å². The third kappa shape index (κ3) is 2.07. The molecule has 2 rings (SSSR count). The second kappa shape index (κ2) is 3.27. The van der Waals surface area contributed by atoms with Crippen LogP contribution in [0.5, 0.6) is 0 Å². The lowest BCUT2D eigenvalue weighted by Crippen LogP contribution is -2.33. The van der Waals surface area contributed by atoms with Crippen molar-refractivity contribution in [2.45, 2.75) is 52.5 Å². The topological polar surface area (TPSA) is 12.0 Å². The first kappa shape index (κ1) is 9.51. The number of nitrogens with one attached hydrogen (secondary N) is 1. The summed E-state index contributed by atoms with van der Waals surface area (Å²) in [6.45, 7) is 8.43. The molecule has 3 unspecified atom stereocenters. The van der Waals surface area contributed by atoms with Gasteiger partial charge in [-0.05, 0) is 43.1 Å². The van der Waals surface area contributed by atoms with Crippen molar-refractivity contribution in [2.24, 2.45) is 17.3 Å². The van der Waals surface area contributed by atoms with Crippen LogP contribution in [0.25, 0.3) is 0 Å². The van der Waals surface area contributed by atoms with Crippen LogP contribution >= 0.6 is 0 Å². The zero-order chi connectivity index (χ0) is 9.47. The fraction of sp³-hybridized carbons (Fsp3) is 1.00. The average molecular weight is 181 g/mol. The molecule has 0 heterocycles. The molecule has 2 saturated carbocycles. The molecule has 3 atom stereocenters. The molecule has 2 aliphatic carbocycles. The molecule has 0 aromatic carbocycles. The van der Waals surface area contributed by atoms with Gasteiger partial charge in [0, 0.05) is 6.04 Å². The van der Waals surface area contributed by atoms with E-state index in [1.807, 2.05) is 0 Å². The van der Waals surface area contributed by atoms with Crippen molar-refractivity contribution in [3.8, 4) is 0 Å². The third-order valence-electron chi connectivity index (χ3n) is 4.21. The van der Waals surface area contributed by atoms with Crippen molar-refractivity contribution in [2.75, 3.05) is 6.54 Å². The minimum Gasteiger partial charge on any atom is -0.313 e. The van der Waals surface area contributed by atoms with Crippen LogP contribution in [0.15, 0.2) is 0 Å². The maximum absolute atomic E-state index is 3.75. The normalized spacial score (nSPS) is 42.2. The van der Waals surface area contributed by atoms with Gasteiger partial charge < -0.3 is 5.32 Å². The first-order valence-electron chi connectivity index (χ1n) is 5.83. The van der Waals surface area contributed by atoms with E-state index in [2.05, 4.69) is 26.1 Å². The second-order valence-electron chi connectivity index (χ2n) is 5.81. The summed E-state index contributed by atoms with van der Waals surface area (Å²) < 4.78 is 0. The average Bonchev–Trinajstić information content (AvgIpc) is 2.47. The number of hydrogen-bond donors (Lipinski definition) is 1. The summed E-state index contributed by atoms with van der Waals surface area (Å²) in [6, 6.07) is 0.830. The Kier molecular flexibility index (Phi) is 2.39. The molecule has 76 valence electrons. The van der Waals surface area contributed by atoms with Gasteiger partial charge in [-0.15, -0.1) is 0 Å². The molecule has 1 nitrogen and oxygen atoms in total. The summed E-state index contributed by atoms with van der Waals surface area (Å²) in [5.41, 5.74) is 0.648. The maximum atomic E-state index is 3.75. The molecule has 0 aromatic rings. The van der Waals surface area contributed by atoms with Gasteiger partial charge >= 0.3 is 0 Å². The third-order valence-corrected chi connectivity index (χ3v) is 4.21. The van der Waals surface area contributed by atoms with Gasteiger partial charge in [0.1, 0.15) is 0 Å². The van der Waals surface area contributed by atoms with Gasteiger partial charge in [-0.3, -0.25) is 0 Å². The summed E-state index contributed by atoms with van der Waals surface area (Å²) >= 11 is 0. The van der Waals surface area contributed by atoms with E-state index in [0.29, 0.717) is 5.41 Å². The maximum Gasteiger partial charge on any atom is 0.00928 e. The molecule has 13 heavy (non-hydrogen) atoms. The zero-order valence-corrected chi connectivity index (χ0v) is 9.27. The molecule has 1 heteroatoms. The standard InChI is InChI=1S/C12H23N/c1-9-5-4-6-11(9)13-8-10-7-12(10,2)3/h9-11,13H,4-8H2,1-3H3. The van der Waals surface area contributed by atoms with Crippen LogP contribution in [0.4, 0.5) is 0 Å². The lowest BCUT2D eigenvalue weighted by Gasteiger charge is -2.17. The Bertz CT molecular complexity index is 186. The Morgan fingerprint density at radius 2 is 2.00 bits per heavy atom. The lowest BCUT2D eigenvalue weighted by molar-refractivity contribution is 0.402. The molecular weight excluding hydrogens is 158 g/mol. The largest absolute Gasteiger partial charge is 0.313 e. The highest BCUT2D eigenvalue weighted by atomic mass is 14.9. The fourth-order valence-electron chi connectivity index (χ4n) is 2.67. The molecule has 0 aliphatic heterocycles. The minimum atomic E-state index is 0.648. The predicted octanol–water partition coefficient (Wildman–Crippen LogP) is 2.81. The minimum absolute atomic E-state index is 0.648. The molecule has 0 spiro atoms. The van der Waals surface area contributed by atoms with E-state index < -0.39 is 0 Å². The molecular formula is C12H23N. The summed E-state index contributed by atoms with van der Waals surface area (Å²) in [7, 11) is 0. The quantitative estimate of drug-likeness (QED) is 0.706. The van der Waals surface area contributed by atoms with E-state index in [1.165, 1.54) is 32.2 Å². The van der Waals surface area contributed by atoms with Crippen LogP contribution < -0.4 is 5.32 Å². The van der Waals surface area contributed by atoms with Crippen LogP contribution in [0.1, 0.15) is 46.5 Å². The summed E-state index contributed by atoms with van der Waals surface area (Å²) in [6.07, 6.45) is 5.72. The summed E-state index contributed by atoms with van der Waals surface area (Å²) in [5, 5.41) is 3.75. The second-order valence-corrected chi connectivity index (χ2v) is 5.81. The zero-order valence-electron chi connectivity index (χ0n) is 9.27. The van der Waals surface area contributed by atoms with E-state index in [9.17, 15) is 0 Å². The Morgan fingerprint density at radius 1 is 1.31 bits per heavy atom. The van der Waals surface area contributed by atoms with Gasteiger partial charge in [-0.25, -0.2) is 0 Å². The van der Waals surface area contributed by atoms with Crippen molar-refractivity contribution in [3.63, 3.8) is 0 Å². The van der Waals surface area contributed by atoms with Crippen LogP contribution in [-0.2, 0) is 0 Å². The molecule has 0 amide bonds. The molecule has 0 saturated heterocycles. The van der Waals surface area contributed by atoms with E-state index in [4.69, 9.17) is 0 Å². The van der Waals surface area contributed by atoms with Crippen molar-refractivity contribution in [3.05, 3.63) is 0 Å². The highest BCUT2D eigenvalue weighted by Gasteiger charge is 2.45. The Labute approximate surface area is 82.3 Å². The first-order valence-corrected chi connectivity index (χ1v) is 5.83. The van der Waals surface area contributed by atoms with Gasteiger partial charge in [0.25, 0.3) is 0 Å². The lowest BCUT2D eigenvalue weighted by atomic mass is 10.1. The fourth-order valence-corrected chi connectivity index (χ4v) is 2.67. The molecule has 0 bridgehead atoms. The Morgan fingerprint density at radius 3 is 2.46 bits per heavy atom. The van der Waals surface area contributed by atoms with Crippen LogP contribution in [-0.4, -0.2) is 12.6 Å². The molecule has 2 aliphatic rings. The van der Waals surface area contributed by atoms with Crippen LogP contribution in [0, 0.1) is 17.3 Å². The molecule has 0 radical (unpaired) electrons. The van der Waals surface area contributed by atoms with Crippen LogP contribution in [0.3, 0.4) is 0 Å². The SMILES string of the molecule is CC1CCCC1NCC1CC1(C)C. The molecule has 1 N–H and O–H groups in total. The van der Waals surface area contributed by atoms with Gasteiger partial charge in [-0.2, -0.15) is 0 Å². The van der Waals surface area contributed by atoms with Crippen molar-refractivity contribution < 1.29 is 0 Å².